The van der Waals surface area contributed by atoms with Gasteiger partial charge in [-0.15, -0.1) is 0 Å². The van der Waals surface area contributed by atoms with E-state index >= 15 is 0 Å². The van der Waals surface area contributed by atoms with E-state index in [1.54, 1.807) is 17.8 Å². The molecule has 16 heavy (non-hydrogen) atoms. The highest BCUT2D eigenvalue weighted by atomic mass is 32.2. The van der Waals surface area contributed by atoms with E-state index in [-0.39, 0.29) is 6.04 Å². The minimum absolute atomic E-state index is 0.0405. The fourth-order valence-corrected chi connectivity index (χ4v) is 2.13. The summed E-state index contributed by atoms with van der Waals surface area (Å²) in [6.45, 7) is 2.04. The number of nitrogens with one attached hydrogen (secondary N) is 1. The van der Waals surface area contributed by atoms with Gasteiger partial charge in [-0.3, -0.25) is 11.3 Å². The summed E-state index contributed by atoms with van der Waals surface area (Å²) in [5, 5.41) is 0. The zero-order valence-corrected chi connectivity index (χ0v) is 9.99. The monoisotopic (exact) mass is 246 g/mol. The Hall–Kier alpha value is -0.650. The molecule has 0 aromatic heterocycles. The van der Waals surface area contributed by atoms with Crippen LogP contribution in [-0.4, -0.2) is 17.5 Å². The Kier molecular flexibility index (Phi) is 5.73. The van der Waals surface area contributed by atoms with Crippen molar-refractivity contribution in [2.75, 3.05) is 11.5 Å². The first-order valence-corrected chi connectivity index (χ1v) is 6.31. The number of hydrogen-bond donors (Lipinski definition) is 2. The second kappa shape index (κ2) is 6.83. The van der Waals surface area contributed by atoms with Crippen molar-refractivity contribution in [3.8, 4) is 0 Å². The molecule has 0 saturated heterocycles. The van der Waals surface area contributed by atoms with Gasteiger partial charge < -0.3 is 0 Å². The summed E-state index contributed by atoms with van der Waals surface area (Å²) >= 11 is 1.71. The van der Waals surface area contributed by atoms with Gasteiger partial charge >= 0.3 is 0 Å². The summed E-state index contributed by atoms with van der Waals surface area (Å²) in [6, 6.07) is 4.17. The average Bonchev–Trinajstić information content (AvgIpc) is 2.30. The highest BCUT2D eigenvalue weighted by Crippen LogP contribution is 2.14. The van der Waals surface area contributed by atoms with E-state index in [9.17, 15) is 8.78 Å². The lowest BCUT2D eigenvalue weighted by atomic mass is 10.1. The van der Waals surface area contributed by atoms with Gasteiger partial charge in [-0.25, -0.2) is 8.78 Å². The third-order valence-electron chi connectivity index (χ3n) is 2.26. The fourth-order valence-electron chi connectivity index (χ4n) is 1.40. The zero-order valence-electron chi connectivity index (χ0n) is 9.17. The van der Waals surface area contributed by atoms with E-state index in [0.717, 1.165) is 17.6 Å². The molecule has 0 bridgehead atoms. The van der Waals surface area contributed by atoms with Crippen molar-refractivity contribution in [3.05, 3.63) is 35.4 Å². The van der Waals surface area contributed by atoms with Crippen molar-refractivity contribution in [1.29, 1.82) is 0 Å². The summed E-state index contributed by atoms with van der Waals surface area (Å²) in [5.41, 5.74) is 2.98. The summed E-state index contributed by atoms with van der Waals surface area (Å²) in [5.74, 6) is 5.54. The second-order valence-corrected chi connectivity index (χ2v) is 4.76. The Bertz CT molecular complexity index is 334. The van der Waals surface area contributed by atoms with E-state index in [4.69, 9.17) is 5.84 Å². The molecular formula is C11H16F2N2S. The van der Waals surface area contributed by atoms with Crippen LogP contribution in [0.4, 0.5) is 8.78 Å². The van der Waals surface area contributed by atoms with Crippen LogP contribution in [-0.2, 0) is 6.42 Å². The summed E-state index contributed by atoms with van der Waals surface area (Å²) in [4.78, 5) is 0. The van der Waals surface area contributed by atoms with E-state index in [2.05, 4.69) is 5.43 Å². The Balaban J connectivity index is 2.66. The van der Waals surface area contributed by atoms with Gasteiger partial charge in [-0.1, -0.05) is 19.1 Å². The number of hydrogen-bond acceptors (Lipinski definition) is 3. The van der Waals surface area contributed by atoms with Gasteiger partial charge in [-0.2, -0.15) is 11.8 Å². The second-order valence-electron chi connectivity index (χ2n) is 3.44. The maximum absolute atomic E-state index is 13.4. The summed E-state index contributed by atoms with van der Waals surface area (Å²) in [7, 11) is 0. The lowest BCUT2D eigenvalue weighted by Gasteiger charge is -2.15. The first-order valence-electron chi connectivity index (χ1n) is 5.15. The smallest absolute Gasteiger partial charge is 0.162 e. The molecule has 2 nitrogen and oxygen atoms in total. The third-order valence-corrected chi connectivity index (χ3v) is 3.30. The SMILES string of the molecule is CCSCC(Cc1cccc(F)c1F)NN. The first kappa shape index (κ1) is 13.4. The minimum atomic E-state index is -0.809. The molecule has 1 aromatic carbocycles. The maximum atomic E-state index is 13.4. The van der Waals surface area contributed by atoms with E-state index < -0.39 is 11.6 Å². The first-order chi connectivity index (χ1) is 7.69. The van der Waals surface area contributed by atoms with Gasteiger partial charge in [0.05, 0.1) is 0 Å². The quantitative estimate of drug-likeness (QED) is 0.596. The molecule has 3 N–H and O–H groups in total. The van der Waals surface area contributed by atoms with Crippen LogP contribution in [0.5, 0.6) is 0 Å². The van der Waals surface area contributed by atoms with Crippen molar-refractivity contribution in [2.45, 2.75) is 19.4 Å². The Morgan fingerprint density at radius 2 is 2.19 bits per heavy atom. The lowest BCUT2D eigenvalue weighted by Crippen LogP contribution is -2.39. The zero-order chi connectivity index (χ0) is 12.0. The van der Waals surface area contributed by atoms with Gasteiger partial charge in [-0.05, 0) is 23.8 Å². The van der Waals surface area contributed by atoms with Crippen molar-refractivity contribution in [2.24, 2.45) is 5.84 Å². The standard InChI is InChI=1S/C11H16F2N2S/c1-2-16-7-9(15-14)6-8-4-3-5-10(12)11(8)13/h3-5,9,15H,2,6-7,14H2,1H3. The third kappa shape index (κ3) is 3.73. The Morgan fingerprint density at radius 1 is 1.44 bits per heavy atom. The highest BCUT2D eigenvalue weighted by molar-refractivity contribution is 7.99. The normalized spacial score (nSPS) is 12.8. The van der Waals surface area contributed by atoms with Crippen LogP contribution in [0.3, 0.4) is 0 Å². The lowest BCUT2D eigenvalue weighted by molar-refractivity contribution is 0.486. The predicted molar refractivity (Wildman–Crippen MR) is 64.2 cm³/mol. The Morgan fingerprint density at radius 3 is 2.81 bits per heavy atom. The van der Waals surface area contributed by atoms with Gasteiger partial charge in [0, 0.05) is 11.8 Å². The van der Waals surface area contributed by atoms with Gasteiger partial charge in [0.2, 0.25) is 0 Å². The largest absolute Gasteiger partial charge is 0.271 e. The van der Waals surface area contributed by atoms with Crippen LogP contribution >= 0.6 is 11.8 Å². The average molecular weight is 246 g/mol. The Labute approximate surface area is 98.6 Å². The van der Waals surface area contributed by atoms with Crippen LogP contribution in [0.1, 0.15) is 12.5 Å². The summed E-state index contributed by atoms with van der Waals surface area (Å²) in [6.07, 6.45) is 0.396. The molecule has 1 atom stereocenters. The number of halogens is 2. The number of hydrazine groups is 1. The van der Waals surface area contributed by atoms with Crippen LogP contribution in [0.2, 0.25) is 0 Å². The molecule has 0 aliphatic rings. The van der Waals surface area contributed by atoms with Gasteiger partial charge in [0.15, 0.2) is 11.6 Å². The van der Waals surface area contributed by atoms with Crippen molar-refractivity contribution < 1.29 is 8.78 Å². The van der Waals surface area contributed by atoms with Crippen LogP contribution in [0, 0.1) is 11.6 Å². The maximum Gasteiger partial charge on any atom is 0.162 e. The molecule has 5 heteroatoms. The van der Waals surface area contributed by atoms with Crippen molar-refractivity contribution in [3.63, 3.8) is 0 Å². The molecule has 0 spiro atoms. The predicted octanol–water partition coefficient (Wildman–Crippen LogP) is 2.09. The number of thioether (sulfide) groups is 1. The van der Waals surface area contributed by atoms with Gasteiger partial charge in [0.25, 0.3) is 0 Å². The van der Waals surface area contributed by atoms with E-state index in [1.807, 2.05) is 6.92 Å². The highest BCUT2D eigenvalue weighted by Gasteiger charge is 2.13. The molecule has 1 unspecified atom stereocenters. The molecule has 1 aromatic rings. The molecule has 1 rings (SSSR count). The molecule has 0 saturated carbocycles. The molecule has 0 aliphatic carbocycles. The molecule has 0 aliphatic heterocycles. The van der Waals surface area contributed by atoms with Crippen LogP contribution in [0.25, 0.3) is 0 Å². The van der Waals surface area contributed by atoms with Crippen LogP contribution < -0.4 is 11.3 Å². The van der Waals surface area contributed by atoms with Crippen molar-refractivity contribution >= 4 is 11.8 Å². The topological polar surface area (TPSA) is 38.0 Å². The fraction of sp³-hybridized carbons (Fsp3) is 0.455. The molecular weight excluding hydrogens is 230 g/mol. The molecule has 0 amide bonds. The van der Waals surface area contributed by atoms with E-state index in [1.165, 1.54) is 6.07 Å². The van der Waals surface area contributed by atoms with Gasteiger partial charge in [0.1, 0.15) is 0 Å². The summed E-state index contributed by atoms with van der Waals surface area (Å²) < 4.78 is 26.3. The number of nitrogens with two attached hydrogens (primary N) is 1. The van der Waals surface area contributed by atoms with Crippen molar-refractivity contribution in [1.82, 2.24) is 5.43 Å². The molecule has 0 fully saturated rings. The molecule has 0 radical (unpaired) electrons. The number of benzene rings is 1. The number of rotatable bonds is 6. The molecule has 90 valence electrons. The molecule has 0 heterocycles. The van der Waals surface area contributed by atoms with E-state index in [0.29, 0.717) is 12.0 Å². The minimum Gasteiger partial charge on any atom is -0.271 e. The van der Waals surface area contributed by atoms with Crippen LogP contribution in [0.15, 0.2) is 18.2 Å².